The predicted octanol–water partition coefficient (Wildman–Crippen LogP) is 7.56. The monoisotopic (exact) mass is 431 g/mol. The molecule has 0 N–H and O–H groups in total. The third-order valence-electron chi connectivity index (χ3n) is 5.71. The highest BCUT2D eigenvalue weighted by molar-refractivity contribution is 6.29. The van der Waals surface area contributed by atoms with Crippen LogP contribution in [-0.4, -0.2) is 14.5 Å². The maximum absolute atomic E-state index is 6.39. The van der Waals surface area contributed by atoms with Crippen LogP contribution in [0.4, 0.5) is 0 Å². The van der Waals surface area contributed by atoms with Gasteiger partial charge in [0, 0.05) is 33.7 Å². The summed E-state index contributed by atoms with van der Waals surface area (Å²) in [7, 11) is 0. The van der Waals surface area contributed by atoms with Gasteiger partial charge in [0.15, 0.2) is 5.82 Å². The van der Waals surface area contributed by atoms with Gasteiger partial charge in [-0.3, -0.25) is 0 Å². The van der Waals surface area contributed by atoms with E-state index < -0.39 is 0 Å². The van der Waals surface area contributed by atoms with Crippen LogP contribution in [-0.2, 0) is 0 Å². The minimum Gasteiger partial charge on any atom is -0.309 e. The number of hydrogen-bond donors (Lipinski definition) is 0. The molecule has 0 radical (unpaired) electrons. The largest absolute Gasteiger partial charge is 0.309 e. The standard InChI is InChI=1S/C28H18ClN3/c29-27-18-24(30-28(31-27)19-9-3-1-4-10-19)20-15-16-26-23(17-20)22-13-7-8-14-25(22)32(26)21-11-5-2-6-12-21/h1-18H. The highest BCUT2D eigenvalue weighted by Crippen LogP contribution is 2.35. The first-order chi connectivity index (χ1) is 15.8. The van der Waals surface area contributed by atoms with Gasteiger partial charge in [0.25, 0.3) is 0 Å². The van der Waals surface area contributed by atoms with Crippen LogP contribution in [0.2, 0.25) is 5.15 Å². The van der Waals surface area contributed by atoms with Crippen molar-refractivity contribution in [3.05, 3.63) is 114 Å². The molecular weight excluding hydrogens is 414 g/mol. The smallest absolute Gasteiger partial charge is 0.161 e. The zero-order valence-corrected chi connectivity index (χ0v) is 17.9. The quantitative estimate of drug-likeness (QED) is 0.270. The first kappa shape index (κ1) is 18.8. The Balaban J connectivity index is 1.58. The number of rotatable bonds is 3. The topological polar surface area (TPSA) is 30.7 Å². The number of aromatic nitrogens is 3. The molecule has 0 amide bonds. The van der Waals surface area contributed by atoms with Gasteiger partial charge in [-0.1, -0.05) is 84.4 Å². The lowest BCUT2D eigenvalue weighted by Crippen LogP contribution is -1.94. The van der Waals surface area contributed by atoms with Crippen LogP contribution in [0.25, 0.3) is 50.1 Å². The summed E-state index contributed by atoms with van der Waals surface area (Å²) in [6.07, 6.45) is 0. The molecule has 2 heterocycles. The highest BCUT2D eigenvalue weighted by atomic mass is 35.5. The van der Waals surface area contributed by atoms with Crippen molar-refractivity contribution in [1.29, 1.82) is 0 Å². The van der Waals surface area contributed by atoms with Gasteiger partial charge in [-0.2, -0.15) is 0 Å². The predicted molar refractivity (Wildman–Crippen MR) is 132 cm³/mol. The lowest BCUT2D eigenvalue weighted by Gasteiger charge is -2.08. The average molecular weight is 432 g/mol. The molecule has 0 aliphatic carbocycles. The molecule has 3 nitrogen and oxygen atoms in total. The molecule has 6 rings (SSSR count). The Morgan fingerprint density at radius 1 is 0.562 bits per heavy atom. The van der Waals surface area contributed by atoms with E-state index in [2.05, 4.69) is 76.3 Å². The van der Waals surface area contributed by atoms with E-state index in [1.54, 1.807) is 0 Å². The van der Waals surface area contributed by atoms with Gasteiger partial charge in [-0.15, -0.1) is 0 Å². The molecule has 32 heavy (non-hydrogen) atoms. The molecule has 4 aromatic carbocycles. The van der Waals surface area contributed by atoms with E-state index in [4.69, 9.17) is 16.6 Å². The average Bonchev–Trinajstić information content (AvgIpc) is 3.18. The second-order valence-electron chi connectivity index (χ2n) is 7.69. The van der Waals surface area contributed by atoms with Gasteiger partial charge in [0.05, 0.1) is 16.7 Å². The van der Waals surface area contributed by atoms with E-state index >= 15 is 0 Å². The number of para-hydroxylation sites is 2. The number of benzene rings is 4. The van der Waals surface area contributed by atoms with Gasteiger partial charge in [0.1, 0.15) is 5.15 Å². The summed E-state index contributed by atoms with van der Waals surface area (Å²) < 4.78 is 2.30. The Hall–Kier alpha value is -3.95. The third-order valence-corrected chi connectivity index (χ3v) is 5.90. The molecule has 0 saturated heterocycles. The highest BCUT2D eigenvalue weighted by Gasteiger charge is 2.14. The van der Waals surface area contributed by atoms with Crippen LogP contribution in [0.5, 0.6) is 0 Å². The zero-order valence-electron chi connectivity index (χ0n) is 17.1. The SMILES string of the molecule is Clc1cc(-c2ccc3c(c2)c2ccccc2n3-c2ccccc2)nc(-c2ccccc2)n1. The van der Waals surface area contributed by atoms with Crippen molar-refractivity contribution in [1.82, 2.24) is 14.5 Å². The normalized spacial score (nSPS) is 11.3. The van der Waals surface area contributed by atoms with Crippen molar-refractivity contribution in [2.75, 3.05) is 0 Å². The van der Waals surface area contributed by atoms with Gasteiger partial charge in [-0.05, 0) is 30.3 Å². The van der Waals surface area contributed by atoms with Crippen LogP contribution in [0.1, 0.15) is 0 Å². The molecule has 0 aliphatic heterocycles. The fourth-order valence-electron chi connectivity index (χ4n) is 4.27. The molecule has 0 spiro atoms. The van der Waals surface area contributed by atoms with Gasteiger partial charge in [-0.25, -0.2) is 9.97 Å². The van der Waals surface area contributed by atoms with Crippen LogP contribution < -0.4 is 0 Å². The fraction of sp³-hybridized carbons (Fsp3) is 0. The van der Waals surface area contributed by atoms with Crippen LogP contribution in [0.3, 0.4) is 0 Å². The van der Waals surface area contributed by atoms with Crippen LogP contribution >= 0.6 is 11.6 Å². The second kappa shape index (κ2) is 7.63. The van der Waals surface area contributed by atoms with Gasteiger partial charge < -0.3 is 4.57 Å². The van der Waals surface area contributed by atoms with Crippen molar-refractivity contribution < 1.29 is 0 Å². The molecule has 2 aromatic heterocycles. The number of hydrogen-bond acceptors (Lipinski definition) is 2. The number of fused-ring (bicyclic) bond motifs is 3. The number of halogens is 1. The molecule has 0 saturated carbocycles. The third kappa shape index (κ3) is 3.15. The molecule has 0 fully saturated rings. The Bertz CT molecular complexity index is 1570. The van der Waals surface area contributed by atoms with Crippen molar-refractivity contribution in [3.63, 3.8) is 0 Å². The maximum atomic E-state index is 6.39. The maximum Gasteiger partial charge on any atom is 0.161 e. The Morgan fingerprint density at radius 3 is 2.06 bits per heavy atom. The zero-order chi connectivity index (χ0) is 21.5. The molecule has 0 aliphatic rings. The molecule has 4 heteroatoms. The van der Waals surface area contributed by atoms with Crippen molar-refractivity contribution in [2.45, 2.75) is 0 Å². The molecule has 152 valence electrons. The molecule has 0 bridgehead atoms. The lowest BCUT2D eigenvalue weighted by molar-refractivity contribution is 1.17. The van der Waals surface area contributed by atoms with Crippen molar-refractivity contribution in [3.8, 4) is 28.3 Å². The number of nitrogens with zero attached hydrogens (tertiary/aromatic N) is 3. The van der Waals surface area contributed by atoms with E-state index in [9.17, 15) is 0 Å². The Morgan fingerprint density at radius 2 is 1.25 bits per heavy atom. The van der Waals surface area contributed by atoms with E-state index in [-0.39, 0.29) is 0 Å². The van der Waals surface area contributed by atoms with E-state index in [1.165, 1.54) is 16.3 Å². The summed E-state index contributed by atoms with van der Waals surface area (Å²) in [4.78, 5) is 9.26. The summed E-state index contributed by atoms with van der Waals surface area (Å²) in [5.74, 6) is 0.625. The molecule has 6 aromatic rings. The van der Waals surface area contributed by atoms with Gasteiger partial charge >= 0.3 is 0 Å². The molecule has 0 atom stereocenters. The minimum absolute atomic E-state index is 0.431. The summed E-state index contributed by atoms with van der Waals surface area (Å²) in [6, 6.07) is 37.1. The van der Waals surface area contributed by atoms with Gasteiger partial charge in [0.2, 0.25) is 0 Å². The van der Waals surface area contributed by atoms with Crippen molar-refractivity contribution >= 4 is 33.4 Å². The first-order valence-electron chi connectivity index (χ1n) is 10.5. The lowest BCUT2D eigenvalue weighted by atomic mass is 10.1. The van der Waals surface area contributed by atoms with Crippen LogP contribution in [0.15, 0.2) is 109 Å². The Kier molecular flexibility index (Phi) is 4.48. The summed E-state index contributed by atoms with van der Waals surface area (Å²) in [5.41, 5.74) is 6.24. The second-order valence-corrected chi connectivity index (χ2v) is 8.07. The fourth-order valence-corrected chi connectivity index (χ4v) is 4.45. The minimum atomic E-state index is 0.431. The molecular formula is C28H18ClN3. The van der Waals surface area contributed by atoms with Crippen molar-refractivity contribution in [2.24, 2.45) is 0 Å². The van der Waals surface area contributed by atoms with Crippen LogP contribution in [0, 0.1) is 0 Å². The first-order valence-corrected chi connectivity index (χ1v) is 10.8. The van der Waals surface area contributed by atoms with E-state index in [0.29, 0.717) is 11.0 Å². The Labute approximate surface area is 190 Å². The summed E-state index contributed by atoms with van der Waals surface area (Å²) in [5, 5.41) is 2.82. The summed E-state index contributed by atoms with van der Waals surface area (Å²) in [6.45, 7) is 0. The van der Waals surface area contributed by atoms with E-state index in [0.717, 1.165) is 28.0 Å². The molecule has 0 unspecified atom stereocenters. The van der Waals surface area contributed by atoms with E-state index in [1.807, 2.05) is 42.5 Å². The summed E-state index contributed by atoms with van der Waals surface area (Å²) >= 11 is 6.39.